The largest absolute Gasteiger partial charge is 0.324 e. The second-order valence-electron chi connectivity index (χ2n) is 4.39. The van der Waals surface area contributed by atoms with Crippen LogP contribution in [0.1, 0.15) is 18.0 Å². The molecule has 0 spiro atoms. The average Bonchev–Trinajstić information content (AvgIpc) is 2.43. The van der Waals surface area contributed by atoms with Gasteiger partial charge < -0.3 is 11.1 Å². The zero-order valence-corrected chi connectivity index (χ0v) is 12.2. The molecule has 3 N–H and O–H groups in total. The summed E-state index contributed by atoms with van der Waals surface area (Å²) in [7, 11) is 0. The molecule has 2 aromatic rings. The van der Waals surface area contributed by atoms with E-state index in [9.17, 15) is 9.18 Å². The Kier molecular flexibility index (Phi) is 4.87. The maximum atomic E-state index is 13.6. The number of halogens is 2. The molecule has 0 bridgehead atoms. The third kappa shape index (κ3) is 3.88. The highest BCUT2D eigenvalue weighted by atomic mass is 79.9. The molecule has 2 aromatic carbocycles. The molecule has 3 nitrogen and oxygen atoms in total. The molecular formula is C15H14BrFN2O. The van der Waals surface area contributed by atoms with E-state index in [1.165, 1.54) is 12.1 Å². The monoisotopic (exact) mass is 336 g/mol. The van der Waals surface area contributed by atoms with E-state index in [0.29, 0.717) is 4.47 Å². The van der Waals surface area contributed by atoms with Crippen LogP contribution < -0.4 is 11.1 Å². The predicted octanol–water partition coefficient (Wildman–Crippen LogP) is 3.62. The Morgan fingerprint density at radius 1 is 1.25 bits per heavy atom. The summed E-state index contributed by atoms with van der Waals surface area (Å²) in [6.07, 6.45) is 0.0967. The first-order valence-electron chi connectivity index (χ1n) is 6.11. The number of anilines is 1. The van der Waals surface area contributed by atoms with Crippen molar-refractivity contribution in [1.29, 1.82) is 0 Å². The van der Waals surface area contributed by atoms with Crippen molar-refractivity contribution in [2.24, 2.45) is 5.73 Å². The molecule has 0 heterocycles. The molecule has 0 saturated carbocycles. The van der Waals surface area contributed by atoms with Gasteiger partial charge in [0.2, 0.25) is 5.91 Å². The molecule has 0 radical (unpaired) electrons. The van der Waals surface area contributed by atoms with Crippen LogP contribution in [0.3, 0.4) is 0 Å². The number of benzene rings is 2. The van der Waals surface area contributed by atoms with Crippen LogP contribution in [0.4, 0.5) is 10.1 Å². The summed E-state index contributed by atoms with van der Waals surface area (Å²) in [5.41, 5.74) is 6.98. The molecule has 0 fully saturated rings. The molecular weight excluding hydrogens is 323 g/mol. The summed E-state index contributed by atoms with van der Waals surface area (Å²) in [5.74, 6) is -0.802. The van der Waals surface area contributed by atoms with Gasteiger partial charge in [-0.05, 0) is 23.8 Å². The first-order valence-corrected chi connectivity index (χ1v) is 6.91. The fourth-order valence-corrected chi connectivity index (χ4v) is 2.14. The highest BCUT2D eigenvalue weighted by Gasteiger charge is 2.13. The van der Waals surface area contributed by atoms with E-state index in [1.54, 1.807) is 6.07 Å². The van der Waals surface area contributed by atoms with E-state index in [4.69, 9.17) is 5.73 Å². The fourth-order valence-electron chi connectivity index (χ4n) is 1.81. The number of carbonyl (C=O) groups excluding carboxylic acids is 1. The predicted molar refractivity (Wildman–Crippen MR) is 80.7 cm³/mol. The Hall–Kier alpha value is -1.72. The zero-order valence-electron chi connectivity index (χ0n) is 10.6. The summed E-state index contributed by atoms with van der Waals surface area (Å²) in [6.45, 7) is 0. The SMILES string of the molecule is NC(CC(=O)Nc1ccc(Br)cc1F)c1ccccc1. The summed E-state index contributed by atoms with van der Waals surface area (Å²) >= 11 is 3.16. The Balaban J connectivity index is 1.99. The van der Waals surface area contributed by atoms with E-state index < -0.39 is 11.9 Å². The number of hydrogen-bond donors (Lipinski definition) is 2. The molecule has 0 aromatic heterocycles. The van der Waals surface area contributed by atoms with E-state index in [0.717, 1.165) is 5.56 Å². The van der Waals surface area contributed by atoms with Crippen LogP contribution in [0.25, 0.3) is 0 Å². The Labute approximate surface area is 125 Å². The van der Waals surface area contributed by atoms with Crippen LogP contribution in [0.2, 0.25) is 0 Å². The summed E-state index contributed by atoms with van der Waals surface area (Å²) in [6, 6.07) is 13.4. The Morgan fingerprint density at radius 3 is 2.60 bits per heavy atom. The molecule has 1 atom stereocenters. The van der Waals surface area contributed by atoms with Crippen molar-refractivity contribution in [1.82, 2.24) is 0 Å². The van der Waals surface area contributed by atoms with Gasteiger partial charge in [0.1, 0.15) is 5.82 Å². The van der Waals surface area contributed by atoms with Crippen molar-refractivity contribution >= 4 is 27.5 Å². The van der Waals surface area contributed by atoms with Gasteiger partial charge in [-0.2, -0.15) is 0 Å². The number of nitrogens with two attached hydrogens (primary N) is 1. The van der Waals surface area contributed by atoms with Gasteiger partial charge in [0.05, 0.1) is 5.69 Å². The summed E-state index contributed by atoms with van der Waals surface area (Å²) in [4.78, 5) is 11.9. The first kappa shape index (κ1) is 14.7. The Morgan fingerprint density at radius 2 is 1.95 bits per heavy atom. The molecule has 0 saturated heterocycles. The summed E-state index contributed by atoms with van der Waals surface area (Å²) in [5, 5.41) is 2.52. The van der Waals surface area contributed by atoms with Crippen molar-refractivity contribution in [2.75, 3.05) is 5.32 Å². The van der Waals surface area contributed by atoms with Crippen LogP contribution >= 0.6 is 15.9 Å². The van der Waals surface area contributed by atoms with Crippen LogP contribution in [-0.4, -0.2) is 5.91 Å². The topological polar surface area (TPSA) is 55.1 Å². The van der Waals surface area contributed by atoms with Crippen LogP contribution in [0.5, 0.6) is 0 Å². The van der Waals surface area contributed by atoms with Crippen LogP contribution in [0.15, 0.2) is 53.0 Å². The van der Waals surface area contributed by atoms with Crippen molar-refractivity contribution in [2.45, 2.75) is 12.5 Å². The van der Waals surface area contributed by atoms with E-state index in [1.807, 2.05) is 30.3 Å². The quantitative estimate of drug-likeness (QED) is 0.895. The normalized spacial score (nSPS) is 11.9. The molecule has 0 aliphatic carbocycles. The molecule has 5 heteroatoms. The van der Waals surface area contributed by atoms with Crippen molar-refractivity contribution in [3.8, 4) is 0 Å². The molecule has 0 aliphatic heterocycles. The number of hydrogen-bond acceptors (Lipinski definition) is 2. The minimum Gasteiger partial charge on any atom is -0.324 e. The first-order chi connectivity index (χ1) is 9.56. The number of carbonyl (C=O) groups is 1. The number of rotatable bonds is 4. The van der Waals surface area contributed by atoms with Gasteiger partial charge in [-0.15, -0.1) is 0 Å². The molecule has 0 aliphatic rings. The van der Waals surface area contributed by atoms with Gasteiger partial charge in [0, 0.05) is 16.9 Å². The zero-order chi connectivity index (χ0) is 14.5. The minimum absolute atomic E-state index is 0.0967. The maximum absolute atomic E-state index is 13.6. The lowest BCUT2D eigenvalue weighted by molar-refractivity contribution is -0.116. The lowest BCUT2D eigenvalue weighted by Gasteiger charge is -2.12. The molecule has 20 heavy (non-hydrogen) atoms. The number of nitrogens with one attached hydrogen (secondary N) is 1. The second kappa shape index (κ2) is 6.63. The third-order valence-corrected chi connectivity index (χ3v) is 3.33. The average molecular weight is 337 g/mol. The maximum Gasteiger partial charge on any atom is 0.226 e. The van der Waals surface area contributed by atoms with E-state index >= 15 is 0 Å². The fraction of sp³-hybridized carbons (Fsp3) is 0.133. The van der Waals surface area contributed by atoms with Crippen LogP contribution in [-0.2, 0) is 4.79 Å². The highest BCUT2D eigenvalue weighted by Crippen LogP contribution is 2.20. The van der Waals surface area contributed by atoms with Gasteiger partial charge in [0.25, 0.3) is 0 Å². The lowest BCUT2D eigenvalue weighted by Crippen LogP contribution is -2.21. The van der Waals surface area contributed by atoms with Gasteiger partial charge in [-0.3, -0.25) is 4.79 Å². The van der Waals surface area contributed by atoms with Crippen molar-refractivity contribution in [3.63, 3.8) is 0 Å². The van der Waals surface area contributed by atoms with Crippen molar-refractivity contribution < 1.29 is 9.18 Å². The molecule has 104 valence electrons. The summed E-state index contributed by atoms with van der Waals surface area (Å²) < 4.78 is 14.2. The molecule has 1 amide bonds. The van der Waals surface area contributed by atoms with E-state index in [2.05, 4.69) is 21.2 Å². The van der Waals surface area contributed by atoms with Gasteiger partial charge in [0.15, 0.2) is 0 Å². The standard InChI is InChI=1S/C15H14BrFN2O/c16-11-6-7-14(12(17)8-11)19-15(20)9-13(18)10-4-2-1-3-5-10/h1-8,13H,9,18H2,(H,19,20). The molecule has 1 unspecified atom stereocenters. The van der Waals surface area contributed by atoms with Gasteiger partial charge in [-0.1, -0.05) is 46.3 Å². The lowest BCUT2D eigenvalue weighted by atomic mass is 10.0. The smallest absolute Gasteiger partial charge is 0.226 e. The highest BCUT2D eigenvalue weighted by molar-refractivity contribution is 9.10. The molecule has 2 rings (SSSR count). The minimum atomic E-state index is -0.485. The third-order valence-electron chi connectivity index (χ3n) is 2.84. The van der Waals surface area contributed by atoms with Crippen molar-refractivity contribution in [3.05, 3.63) is 64.4 Å². The van der Waals surface area contributed by atoms with Gasteiger partial charge >= 0.3 is 0 Å². The number of amides is 1. The van der Waals surface area contributed by atoms with E-state index in [-0.39, 0.29) is 18.0 Å². The van der Waals surface area contributed by atoms with Crippen LogP contribution in [0, 0.1) is 5.82 Å². The Bertz CT molecular complexity index is 604. The van der Waals surface area contributed by atoms with Gasteiger partial charge in [-0.25, -0.2) is 4.39 Å². The second-order valence-corrected chi connectivity index (χ2v) is 5.31.